The van der Waals surface area contributed by atoms with Crippen molar-refractivity contribution in [2.45, 2.75) is 33.1 Å². The van der Waals surface area contributed by atoms with Gasteiger partial charge in [-0.15, -0.1) is 0 Å². The molecule has 0 bridgehead atoms. The first-order chi connectivity index (χ1) is 13.1. The predicted molar refractivity (Wildman–Crippen MR) is 105 cm³/mol. The van der Waals surface area contributed by atoms with Crippen molar-refractivity contribution in [2.24, 2.45) is 0 Å². The molecule has 0 atom stereocenters. The van der Waals surface area contributed by atoms with Gasteiger partial charge < -0.3 is 14.5 Å². The fraction of sp³-hybridized carbons (Fsp3) is 0.273. The van der Waals surface area contributed by atoms with E-state index < -0.39 is 0 Å². The molecular formula is C22H23NO4. The van der Waals surface area contributed by atoms with Gasteiger partial charge in [-0.1, -0.05) is 25.5 Å². The van der Waals surface area contributed by atoms with Crippen LogP contribution in [0.1, 0.15) is 49.2 Å². The van der Waals surface area contributed by atoms with Crippen molar-refractivity contribution in [3.05, 3.63) is 59.9 Å². The van der Waals surface area contributed by atoms with E-state index in [0.717, 1.165) is 18.2 Å². The van der Waals surface area contributed by atoms with E-state index >= 15 is 0 Å². The average Bonchev–Trinajstić information content (AvgIpc) is 3.05. The Morgan fingerprint density at radius 2 is 1.78 bits per heavy atom. The predicted octanol–water partition coefficient (Wildman–Crippen LogP) is 5.19. The van der Waals surface area contributed by atoms with E-state index in [4.69, 9.17) is 9.15 Å². The first-order valence-electron chi connectivity index (χ1n) is 9.23. The molecule has 0 unspecified atom stereocenters. The third kappa shape index (κ3) is 4.19. The monoisotopic (exact) mass is 365 g/mol. The standard InChI is InChI=1S/C22H23NO4/c1-3-5-10-19(24)23-20-17-8-6-7-9-18(17)27-22(20)21(25)15-11-13-16(14-12-15)26-4-2/h6-9,11-14H,3-5,10H2,1-2H3,(H,23,24). The lowest BCUT2D eigenvalue weighted by atomic mass is 10.1. The summed E-state index contributed by atoms with van der Waals surface area (Å²) in [4.78, 5) is 25.3. The first kappa shape index (κ1) is 18.7. The Balaban J connectivity index is 1.95. The zero-order valence-electron chi connectivity index (χ0n) is 15.6. The number of ketones is 1. The molecule has 1 aromatic heterocycles. The van der Waals surface area contributed by atoms with Crippen LogP contribution in [0, 0.1) is 0 Å². The van der Waals surface area contributed by atoms with E-state index in [2.05, 4.69) is 5.32 Å². The highest BCUT2D eigenvalue weighted by molar-refractivity contribution is 6.17. The number of ether oxygens (including phenoxy) is 1. The zero-order valence-corrected chi connectivity index (χ0v) is 15.6. The Bertz CT molecular complexity index is 941. The van der Waals surface area contributed by atoms with Gasteiger partial charge in [0.25, 0.3) is 0 Å². The highest BCUT2D eigenvalue weighted by atomic mass is 16.5. The van der Waals surface area contributed by atoms with Gasteiger partial charge in [-0.25, -0.2) is 0 Å². The molecule has 140 valence electrons. The van der Waals surface area contributed by atoms with Crippen molar-refractivity contribution in [2.75, 3.05) is 11.9 Å². The van der Waals surface area contributed by atoms with Gasteiger partial charge in [-0.2, -0.15) is 0 Å². The number of para-hydroxylation sites is 1. The summed E-state index contributed by atoms with van der Waals surface area (Å²) in [5.74, 6) is 0.446. The quantitative estimate of drug-likeness (QED) is 0.558. The molecule has 0 radical (unpaired) electrons. The molecule has 3 rings (SSSR count). The van der Waals surface area contributed by atoms with Crippen LogP contribution < -0.4 is 10.1 Å². The first-order valence-corrected chi connectivity index (χ1v) is 9.23. The molecule has 0 spiro atoms. The van der Waals surface area contributed by atoms with Crippen molar-refractivity contribution < 1.29 is 18.7 Å². The smallest absolute Gasteiger partial charge is 0.230 e. The van der Waals surface area contributed by atoms with Gasteiger partial charge >= 0.3 is 0 Å². The van der Waals surface area contributed by atoms with Crippen molar-refractivity contribution in [3.63, 3.8) is 0 Å². The second-order valence-corrected chi connectivity index (χ2v) is 6.24. The van der Waals surface area contributed by atoms with Gasteiger partial charge in [0.1, 0.15) is 11.3 Å². The Morgan fingerprint density at radius 1 is 1.04 bits per heavy atom. The summed E-state index contributed by atoms with van der Waals surface area (Å²) in [6.45, 7) is 4.49. The fourth-order valence-corrected chi connectivity index (χ4v) is 2.87. The molecule has 0 aliphatic carbocycles. The SMILES string of the molecule is CCCCC(=O)Nc1c(C(=O)c2ccc(OCC)cc2)oc2ccccc12. The minimum Gasteiger partial charge on any atom is -0.494 e. The second-order valence-electron chi connectivity index (χ2n) is 6.24. The summed E-state index contributed by atoms with van der Waals surface area (Å²) in [7, 11) is 0. The van der Waals surface area contributed by atoms with Gasteiger partial charge in [0.05, 0.1) is 12.3 Å². The average molecular weight is 365 g/mol. The van der Waals surface area contributed by atoms with E-state index in [9.17, 15) is 9.59 Å². The van der Waals surface area contributed by atoms with Gasteiger partial charge in [0.15, 0.2) is 5.76 Å². The van der Waals surface area contributed by atoms with Crippen LogP contribution in [0.3, 0.4) is 0 Å². The lowest BCUT2D eigenvalue weighted by Crippen LogP contribution is -2.13. The van der Waals surface area contributed by atoms with E-state index in [1.807, 2.05) is 32.0 Å². The number of nitrogens with one attached hydrogen (secondary N) is 1. The number of benzene rings is 2. The summed E-state index contributed by atoms with van der Waals surface area (Å²) >= 11 is 0. The number of carbonyl (C=O) groups is 2. The highest BCUT2D eigenvalue weighted by Crippen LogP contribution is 2.33. The third-order valence-electron chi connectivity index (χ3n) is 4.25. The number of anilines is 1. The minimum atomic E-state index is -0.278. The molecule has 0 saturated carbocycles. The van der Waals surface area contributed by atoms with E-state index in [0.29, 0.717) is 35.6 Å². The number of rotatable bonds is 8. The molecule has 1 amide bonds. The van der Waals surface area contributed by atoms with Gasteiger partial charge in [-0.05, 0) is 49.7 Å². The maximum absolute atomic E-state index is 13.0. The van der Waals surface area contributed by atoms with Gasteiger partial charge in [-0.3, -0.25) is 9.59 Å². The van der Waals surface area contributed by atoms with E-state index in [1.54, 1.807) is 30.3 Å². The van der Waals surface area contributed by atoms with Gasteiger partial charge in [0, 0.05) is 17.4 Å². The van der Waals surface area contributed by atoms with Crippen LogP contribution in [-0.4, -0.2) is 18.3 Å². The topological polar surface area (TPSA) is 68.5 Å². The Kier molecular flexibility index (Phi) is 5.91. The van der Waals surface area contributed by atoms with E-state index in [-0.39, 0.29) is 17.5 Å². The highest BCUT2D eigenvalue weighted by Gasteiger charge is 2.23. The Labute approximate surface area is 158 Å². The van der Waals surface area contributed by atoms with E-state index in [1.165, 1.54) is 0 Å². The van der Waals surface area contributed by atoms with Crippen LogP contribution in [0.4, 0.5) is 5.69 Å². The van der Waals surface area contributed by atoms with Crippen molar-refractivity contribution >= 4 is 28.3 Å². The molecule has 0 fully saturated rings. The van der Waals surface area contributed by atoms with Crippen LogP contribution in [0.15, 0.2) is 52.9 Å². The molecule has 1 N–H and O–H groups in total. The summed E-state index contributed by atoms with van der Waals surface area (Å²) in [6, 6.07) is 14.2. The molecule has 5 nitrogen and oxygen atoms in total. The molecular weight excluding hydrogens is 342 g/mol. The molecule has 0 aliphatic heterocycles. The lowest BCUT2D eigenvalue weighted by molar-refractivity contribution is -0.116. The number of furan rings is 1. The molecule has 27 heavy (non-hydrogen) atoms. The second kappa shape index (κ2) is 8.54. The largest absolute Gasteiger partial charge is 0.494 e. The molecule has 5 heteroatoms. The summed E-state index contributed by atoms with van der Waals surface area (Å²) < 4.78 is 11.2. The van der Waals surface area contributed by atoms with Crippen molar-refractivity contribution in [3.8, 4) is 5.75 Å². The number of carbonyl (C=O) groups excluding carboxylic acids is 2. The van der Waals surface area contributed by atoms with Gasteiger partial charge in [0.2, 0.25) is 11.7 Å². The molecule has 0 saturated heterocycles. The maximum Gasteiger partial charge on any atom is 0.230 e. The zero-order chi connectivity index (χ0) is 19.2. The molecule has 2 aromatic carbocycles. The number of amides is 1. The molecule has 1 heterocycles. The van der Waals surface area contributed by atoms with Crippen LogP contribution in [0.2, 0.25) is 0 Å². The summed E-state index contributed by atoms with van der Waals surface area (Å²) in [5.41, 5.74) is 1.48. The third-order valence-corrected chi connectivity index (χ3v) is 4.25. The molecule has 0 aliphatic rings. The lowest BCUT2D eigenvalue weighted by Gasteiger charge is -2.07. The van der Waals surface area contributed by atoms with Crippen LogP contribution >= 0.6 is 0 Å². The number of hydrogen-bond acceptors (Lipinski definition) is 4. The molecule has 3 aromatic rings. The fourth-order valence-electron chi connectivity index (χ4n) is 2.87. The summed E-state index contributed by atoms with van der Waals surface area (Å²) in [5, 5.41) is 3.59. The van der Waals surface area contributed by atoms with Crippen molar-refractivity contribution in [1.29, 1.82) is 0 Å². The Morgan fingerprint density at radius 3 is 2.48 bits per heavy atom. The summed E-state index contributed by atoms with van der Waals surface area (Å²) in [6.07, 6.45) is 2.13. The van der Waals surface area contributed by atoms with Crippen LogP contribution in [0.5, 0.6) is 5.75 Å². The maximum atomic E-state index is 13.0. The number of unbranched alkanes of at least 4 members (excludes halogenated alkanes) is 1. The van der Waals surface area contributed by atoms with Crippen LogP contribution in [-0.2, 0) is 4.79 Å². The Hall–Kier alpha value is -3.08. The van der Waals surface area contributed by atoms with Crippen molar-refractivity contribution in [1.82, 2.24) is 0 Å². The number of fused-ring (bicyclic) bond motifs is 1. The number of hydrogen-bond donors (Lipinski definition) is 1. The van der Waals surface area contributed by atoms with Crippen LogP contribution in [0.25, 0.3) is 11.0 Å². The minimum absolute atomic E-state index is 0.121. The normalized spacial score (nSPS) is 10.7.